The average Bonchev–Trinajstić information content (AvgIpc) is 3.85. The maximum Gasteiger partial charge on any atom is 0.372 e. The number of esters is 2. The Kier molecular flexibility index (Phi) is 11.0. The van der Waals surface area contributed by atoms with Crippen molar-refractivity contribution < 1.29 is 33.5 Å². The van der Waals surface area contributed by atoms with Crippen molar-refractivity contribution >= 4 is 120 Å². The van der Waals surface area contributed by atoms with Gasteiger partial charge in [-0.25, -0.2) is 4.79 Å². The van der Waals surface area contributed by atoms with Gasteiger partial charge < -0.3 is 29.3 Å². The van der Waals surface area contributed by atoms with E-state index in [1.165, 1.54) is 23.1 Å². The van der Waals surface area contributed by atoms with Crippen molar-refractivity contribution in [1.29, 1.82) is 0 Å². The molecule has 4 aliphatic rings. The van der Waals surface area contributed by atoms with Crippen LogP contribution in [0.2, 0.25) is 0 Å². The van der Waals surface area contributed by atoms with Crippen LogP contribution < -0.4 is 19.3 Å². The van der Waals surface area contributed by atoms with E-state index in [4.69, 9.17) is 9.47 Å². The quantitative estimate of drug-likeness (QED) is 0.0802. The van der Waals surface area contributed by atoms with Crippen LogP contribution in [0.3, 0.4) is 0 Å². The molecule has 3 aliphatic heterocycles. The van der Waals surface area contributed by atoms with E-state index in [1.807, 2.05) is 70.1 Å². The van der Waals surface area contributed by atoms with Crippen LogP contribution in [-0.2, 0) is 30.4 Å². The zero-order chi connectivity index (χ0) is 45.1. The lowest BCUT2D eigenvalue weighted by atomic mass is 9.88. The summed E-state index contributed by atoms with van der Waals surface area (Å²) < 4.78 is 13.6. The third-order valence-electron chi connectivity index (χ3n) is 11.5. The number of para-hydroxylation sites is 4. The molecule has 0 amide bonds. The van der Waals surface area contributed by atoms with E-state index in [-0.39, 0.29) is 49.0 Å². The molecule has 0 spiro atoms. The normalized spacial score (nSPS) is 15.9. The molecule has 14 heteroatoms. The second-order valence-corrected chi connectivity index (χ2v) is 19.8. The number of ether oxygens (including phenoxy) is 2. The number of fused-ring (bicyclic) bond motifs is 6. The number of ketones is 1. The van der Waals surface area contributed by atoms with Gasteiger partial charge in [0.25, 0.3) is 5.01 Å². The number of aliphatic hydroxyl groups is 1. The van der Waals surface area contributed by atoms with Gasteiger partial charge in [-0.05, 0) is 98.8 Å². The molecule has 0 saturated carbocycles. The van der Waals surface area contributed by atoms with Gasteiger partial charge in [-0.1, -0.05) is 95.2 Å². The Morgan fingerprint density at radius 3 is 1.70 bits per heavy atom. The Balaban J connectivity index is 0.959. The number of thiazole rings is 1. The molecular formula is C52H39N4O6S4+. The lowest BCUT2D eigenvalue weighted by Crippen LogP contribution is -2.40. The van der Waals surface area contributed by atoms with Crippen LogP contribution in [0, 0.1) is 0 Å². The molecule has 10 nitrogen and oxygen atoms in total. The second kappa shape index (κ2) is 17.3. The molecular weight excluding hydrogens is 905 g/mol. The Labute approximate surface area is 397 Å². The fourth-order valence-corrected chi connectivity index (χ4v) is 12.9. The van der Waals surface area contributed by atoms with E-state index in [1.54, 1.807) is 49.5 Å². The summed E-state index contributed by atoms with van der Waals surface area (Å²) in [7, 11) is 0. The largest absolute Gasteiger partial charge is 0.506 e. The van der Waals surface area contributed by atoms with E-state index in [0.717, 1.165) is 74.5 Å². The summed E-state index contributed by atoms with van der Waals surface area (Å²) >= 11 is 6.30. The van der Waals surface area contributed by atoms with Crippen LogP contribution in [0.4, 0.5) is 39.8 Å². The lowest BCUT2D eigenvalue weighted by Gasteiger charge is -2.33. The highest BCUT2D eigenvalue weighted by atomic mass is 32.2. The molecule has 66 heavy (non-hydrogen) atoms. The second-order valence-electron chi connectivity index (χ2n) is 15.5. The van der Waals surface area contributed by atoms with Crippen molar-refractivity contribution in [2.45, 2.75) is 44.9 Å². The third-order valence-corrected chi connectivity index (χ3v) is 16.0. The number of carbonyl (C=O) groups excluding carboxylic acids is 3. The molecule has 0 unspecified atom stereocenters. The van der Waals surface area contributed by atoms with E-state index in [2.05, 4.69) is 82.6 Å². The first-order chi connectivity index (χ1) is 32.3. The number of allylic oxidation sites excluding steroid dienone is 3. The summed E-state index contributed by atoms with van der Waals surface area (Å²) in [4.78, 5) is 52.2. The number of anilines is 7. The van der Waals surface area contributed by atoms with Crippen molar-refractivity contribution in [3.8, 4) is 0 Å². The molecule has 0 atom stereocenters. The number of aromatic nitrogens is 1. The summed E-state index contributed by atoms with van der Waals surface area (Å²) in [5.41, 5.74) is 7.84. The summed E-state index contributed by atoms with van der Waals surface area (Å²) in [5, 5.41) is 12.9. The summed E-state index contributed by atoms with van der Waals surface area (Å²) in [6.07, 6.45) is 3.30. The van der Waals surface area contributed by atoms with Gasteiger partial charge in [0.15, 0.2) is 0 Å². The number of hydrogen-bond donors (Lipinski definition) is 1. The van der Waals surface area contributed by atoms with Gasteiger partial charge in [0.05, 0.1) is 63.5 Å². The predicted molar refractivity (Wildman–Crippen MR) is 263 cm³/mol. The molecule has 0 fully saturated rings. The van der Waals surface area contributed by atoms with Crippen LogP contribution in [0.25, 0.3) is 16.3 Å². The molecule has 0 bridgehead atoms. The third kappa shape index (κ3) is 7.34. The van der Waals surface area contributed by atoms with E-state index >= 15 is 0 Å². The number of Topliss-reactive ketones (excluding diaryl/α,β-unsaturated/α-hetero) is 1. The monoisotopic (exact) mass is 943 g/mol. The molecule has 1 aromatic heterocycles. The molecule has 6 aromatic carbocycles. The number of nitrogens with zero attached hydrogens (tertiary/aromatic N) is 4. The first-order valence-electron chi connectivity index (χ1n) is 21.4. The number of benzene rings is 6. The van der Waals surface area contributed by atoms with Crippen molar-refractivity contribution in [2.75, 3.05) is 34.5 Å². The standard InChI is InChI=1S/C52H38N4O6S4/c1-3-61-49(57)29-53-39-25-31(55-35-13-5-9-17-41(35)63-42-18-10-6-14-36(42)55)21-23-45(39)65-47(53)27-33-51(59)34(52(33)60)28-48-54(30-50(58)62-4-2)40-26-32(22-24-46(40)66-48)56-37-15-7-11-19-43(37)64-44-20-12-8-16-38(44)56/h5-28H,3-4,29-30H2,1-2H3/p+1. The molecule has 326 valence electrons. The Morgan fingerprint density at radius 1 is 0.621 bits per heavy atom. The maximum atomic E-state index is 14.1. The van der Waals surface area contributed by atoms with E-state index < -0.39 is 11.9 Å². The number of thioether (sulfide) groups is 1. The highest BCUT2D eigenvalue weighted by Gasteiger charge is 2.38. The van der Waals surface area contributed by atoms with E-state index in [0.29, 0.717) is 10.0 Å². The summed E-state index contributed by atoms with van der Waals surface area (Å²) in [6, 6.07) is 45.4. The number of carbonyl (C=O) groups is 3. The smallest absolute Gasteiger partial charge is 0.372 e. The van der Waals surface area contributed by atoms with Crippen LogP contribution in [0.5, 0.6) is 0 Å². The highest BCUT2D eigenvalue weighted by Crippen LogP contribution is 2.55. The first-order valence-corrected chi connectivity index (χ1v) is 24.7. The molecule has 7 aromatic rings. The minimum absolute atomic E-state index is 0.0951. The SMILES string of the molecule is CCOC(=O)CN1/C(=C/C2=C(O)C(=C/c3sc4ccc(N5c6ccccc6Sc6ccccc65)cc4[n+]3CC(=O)OCC)/C2=O)Sc2ccc(N3c4ccccc4Sc4ccccc43)cc21. The van der Waals surface area contributed by atoms with Gasteiger partial charge in [-0.2, -0.15) is 4.57 Å². The van der Waals surface area contributed by atoms with E-state index in [9.17, 15) is 19.5 Å². The number of hydrogen-bond acceptors (Lipinski definition) is 13. The van der Waals surface area contributed by atoms with Crippen LogP contribution in [0.1, 0.15) is 18.9 Å². The highest BCUT2D eigenvalue weighted by molar-refractivity contribution is 8.03. The minimum Gasteiger partial charge on any atom is -0.506 e. The fourth-order valence-electron chi connectivity index (χ4n) is 8.59. The average molecular weight is 944 g/mol. The summed E-state index contributed by atoms with van der Waals surface area (Å²) in [6.45, 7) is 3.79. The van der Waals surface area contributed by atoms with Crippen LogP contribution >= 0.6 is 46.6 Å². The molecule has 11 rings (SSSR count). The predicted octanol–water partition coefficient (Wildman–Crippen LogP) is 12.4. The van der Waals surface area contributed by atoms with Crippen molar-refractivity contribution in [3.63, 3.8) is 0 Å². The molecule has 1 N–H and O–H groups in total. The molecule has 4 heterocycles. The molecule has 0 radical (unpaired) electrons. The topological polar surface area (TPSA) is 104 Å². The minimum atomic E-state index is -0.419. The van der Waals surface area contributed by atoms with Gasteiger partial charge in [0.2, 0.25) is 17.8 Å². The van der Waals surface area contributed by atoms with Gasteiger partial charge in [0.1, 0.15) is 17.0 Å². The summed E-state index contributed by atoms with van der Waals surface area (Å²) in [5.74, 6) is -1.36. The maximum absolute atomic E-state index is 14.1. The molecule has 0 saturated heterocycles. The Bertz CT molecular complexity index is 3200. The van der Waals surface area contributed by atoms with Crippen molar-refractivity contribution in [1.82, 2.24) is 0 Å². The fraction of sp³-hybridized carbons (Fsp3) is 0.115. The lowest BCUT2D eigenvalue weighted by molar-refractivity contribution is -0.657. The van der Waals surface area contributed by atoms with Crippen molar-refractivity contribution in [2.24, 2.45) is 0 Å². The van der Waals surface area contributed by atoms with Crippen LogP contribution in [-0.4, -0.2) is 42.6 Å². The van der Waals surface area contributed by atoms with Crippen molar-refractivity contribution in [3.05, 3.63) is 166 Å². The van der Waals surface area contributed by atoms with Gasteiger partial charge in [0, 0.05) is 42.3 Å². The van der Waals surface area contributed by atoms with Gasteiger partial charge in [-0.3, -0.25) is 9.59 Å². The van der Waals surface area contributed by atoms with Gasteiger partial charge in [-0.15, -0.1) is 0 Å². The Hall–Kier alpha value is -6.71. The zero-order valence-corrected chi connectivity index (χ0v) is 38.9. The Morgan fingerprint density at radius 2 is 1.14 bits per heavy atom. The van der Waals surface area contributed by atoms with Gasteiger partial charge >= 0.3 is 11.9 Å². The van der Waals surface area contributed by atoms with Crippen LogP contribution in [0.15, 0.2) is 186 Å². The number of aliphatic hydroxyl groups excluding tert-OH is 1. The first kappa shape index (κ1) is 42.0. The number of rotatable bonds is 10. The molecule has 1 aliphatic carbocycles. The zero-order valence-electron chi connectivity index (χ0n) is 35.6.